The highest BCUT2D eigenvalue weighted by atomic mass is 35.5. The molecule has 12 heteroatoms. The molecule has 4 aromatic rings. The zero-order chi connectivity index (χ0) is 30.1. The smallest absolute Gasteiger partial charge is 0.453 e. The van der Waals surface area contributed by atoms with E-state index >= 15 is 0 Å². The van der Waals surface area contributed by atoms with Crippen LogP contribution in [0.2, 0.25) is 0 Å². The van der Waals surface area contributed by atoms with Gasteiger partial charge in [0.25, 0.3) is 5.82 Å². The summed E-state index contributed by atoms with van der Waals surface area (Å²) < 4.78 is 48.4. The van der Waals surface area contributed by atoms with Gasteiger partial charge in [0, 0.05) is 43.2 Å². The lowest BCUT2D eigenvalue weighted by Gasteiger charge is -2.47. The van der Waals surface area contributed by atoms with E-state index in [0.717, 1.165) is 74.2 Å². The lowest BCUT2D eigenvalue weighted by molar-refractivity contribution is -0.146. The quantitative estimate of drug-likeness (QED) is 0.195. The normalized spacial score (nSPS) is 20.7. The monoisotopic (exact) mass is 674 g/mol. The second-order valence-electron chi connectivity index (χ2n) is 12.3. The fraction of sp³-hybridized carbons (Fsp3) is 0.441. The Hall–Kier alpha value is -3.18. The van der Waals surface area contributed by atoms with Crippen LogP contribution in [0.3, 0.4) is 0 Å². The topological polar surface area (TPSA) is 59.3 Å². The second-order valence-corrected chi connectivity index (χ2v) is 12.3. The summed E-state index contributed by atoms with van der Waals surface area (Å²) in [5.41, 5.74) is 3.72. The van der Waals surface area contributed by atoms with Crippen molar-refractivity contribution in [1.29, 1.82) is 0 Å². The summed E-state index contributed by atoms with van der Waals surface area (Å²) in [5.74, 6) is -0.214. The fourth-order valence-corrected chi connectivity index (χ4v) is 7.52. The van der Waals surface area contributed by atoms with Crippen LogP contribution in [0.5, 0.6) is 5.75 Å². The zero-order valence-corrected chi connectivity index (χ0v) is 27.1. The SMILES string of the molecule is Cl.Cl.FC(F)(F)c1nnnn1-c1ccc(OC2CCCC2)c(CN2C[C@@H]3CCCN3[C@H](C(c3ccccc3)c3ccccc3)C2)c1. The first-order chi connectivity index (χ1) is 21.4. The number of benzene rings is 3. The van der Waals surface area contributed by atoms with Crippen LogP contribution >= 0.6 is 24.8 Å². The third-order valence-electron chi connectivity index (χ3n) is 9.47. The number of alkyl halides is 3. The number of hydrogen-bond donors (Lipinski definition) is 0. The first kappa shape index (κ1) is 34.2. The molecule has 2 aliphatic heterocycles. The van der Waals surface area contributed by atoms with Crippen molar-refractivity contribution in [3.05, 3.63) is 101 Å². The Morgan fingerprint density at radius 1 is 0.826 bits per heavy atom. The fourth-order valence-electron chi connectivity index (χ4n) is 7.52. The Morgan fingerprint density at radius 3 is 2.15 bits per heavy atom. The van der Waals surface area contributed by atoms with E-state index in [1.54, 1.807) is 18.2 Å². The van der Waals surface area contributed by atoms with Gasteiger partial charge in [0.1, 0.15) is 5.75 Å². The molecule has 0 spiro atoms. The van der Waals surface area contributed by atoms with E-state index in [2.05, 4.69) is 86.0 Å². The highest BCUT2D eigenvalue weighted by Gasteiger charge is 2.42. The number of fused-ring (bicyclic) bond motifs is 1. The van der Waals surface area contributed by atoms with E-state index in [1.807, 2.05) is 0 Å². The number of nitrogens with zero attached hydrogens (tertiary/aromatic N) is 6. The van der Waals surface area contributed by atoms with Gasteiger partial charge >= 0.3 is 6.18 Å². The van der Waals surface area contributed by atoms with Crippen molar-refractivity contribution >= 4 is 24.8 Å². The molecule has 0 bridgehead atoms. The number of aromatic nitrogens is 4. The molecular formula is C34H39Cl2F3N6O. The van der Waals surface area contributed by atoms with Gasteiger partial charge in [-0.2, -0.15) is 17.9 Å². The molecular weight excluding hydrogens is 636 g/mol. The maximum atomic E-state index is 13.7. The Bertz CT molecular complexity index is 1510. The number of tetrazole rings is 1. The summed E-state index contributed by atoms with van der Waals surface area (Å²) in [7, 11) is 0. The summed E-state index contributed by atoms with van der Waals surface area (Å²) in [5, 5.41) is 10.3. The van der Waals surface area contributed by atoms with Crippen LogP contribution in [-0.4, -0.2) is 67.8 Å². The zero-order valence-electron chi connectivity index (χ0n) is 25.4. The Morgan fingerprint density at radius 2 is 1.50 bits per heavy atom. The molecule has 3 fully saturated rings. The van der Waals surface area contributed by atoms with Gasteiger partial charge in [-0.1, -0.05) is 60.7 Å². The molecule has 1 aliphatic carbocycles. The van der Waals surface area contributed by atoms with Crippen LogP contribution in [0.25, 0.3) is 5.69 Å². The third-order valence-corrected chi connectivity index (χ3v) is 9.47. The molecule has 0 N–H and O–H groups in total. The maximum Gasteiger partial charge on any atom is 0.453 e. The average molecular weight is 676 g/mol. The van der Waals surface area contributed by atoms with Gasteiger partial charge in [0.05, 0.1) is 11.8 Å². The van der Waals surface area contributed by atoms with Gasteiger partial charge in [0.15, 0.2) is 0 Å². The number of rotatable bonds is 8. The van der Waals surface area contributed by atoms with Crippen LogP contribution < -0.4 is 4.74 Å². The minimum Gasteiger partial charge on any atom is -0.490 e. The average Bonchev–Trinajstić information content (AvgIpc) is 3.82. The van der Waals surface area contributed by atoms with Crippen molar-refractivity contribution in [2.45, 2.75) is 75.4 Å². The first-order valence-corrected chi connectivity index (χ1v) is 15.7. The van der Waals surface area contributed by atoms with Crippen LogP contribution in [-0.2, 0) is 12.7 Å². The van der Waals surface area contributed by atoms with E-state index in [-0.39, 0.29) is 48.6 Å². The molecule has 2 atom stereocenters. The van der Waals surface area contributed by atoms with Gasteiger partial charge in [-0.15, -0.1) is 29.9 Å². The molecule has 246 valence electrons. The molecule has 0 unspecified atom stereocenters. The van der Waals surface area contributed by atoms with Crippen molar-refractivity contribution in [2.75, 3.05) is 19.6 Å². The molecule has 3 aliphatic rings. The van der Waals surface area contributed by atoms with Crippen molar-refractivity contribution in [3.8, 4) is 11.4 Å². The largest absolute Gasteiger partial charge is 0.490 e. The highest BCUT2D eigenvalue weighted by Crippen LogP contribution is 2.39. The number of piperazine rings is 1. The number of hydrogen-bond acceptors (Lipinski definition) is 6. The lowest BCUT2D eigenvalue weighted by Crippen LogP contribution is -2.57. The predicted octanol–water partition coefficient (Wildman–Crippen LogP) is 7.33. The molecule has 46 heavy (non-hydrogen) atoms. The summed E-state index contributed by atoms with van der Waals surface area (Å²) in [6.07, 6.45) is 1.99. The van der Waals surface area contributed by atoms with Gasteiger partial charge in [-0.05, 0) is 84.8 Å². The van der Waals surface area contributed by atoms with Crippen LogP contribution in [0.1, 0.15) is 67.0 Å². The summed E-state index contributed by atoms with van der Waals surface area (Å²) in [6.45, 7) is 3.37. The number of ether oxygens (including phenoxy) is 1. The van der Waals surface area contributed by atoms with Crippen molar-refractivity contribution < 1.29 is 17.9 Å². The molecule has 3 heterocycles. The molecule has 7 rings (SSSR count). The summed E-state index contributed by atoms with van der Waals surface area (Å²) >= 11 is 0. The Balaban J connectivity index is 0.00000208. The molecule has 0 amide bonds. The molecule has 3 aromatic carbocycles. The molecule has 2 saturated heterocycles. The molecule has 1 aromatic heterocycles. The van der Waals surface area contributed by atoms with E-state index < -0.39 is 12.0 Å². The predicted molar refractivity (Wildman–Crippen MR) is 175 cm³/mol. The Labute approximate surface area is 279 Å². The molecule has 0 radical (unpaired) electrons. The van der Waals surface area contributed by atoms with Gasteiger partial charge < -0.3 is 4.74 Å². The summed E-state index contributed by atoms with van der Waals surface area (Å²) in [6, 6.07) is 27.3. The third kappa shape index (κ3) is 7.20. The van der Waals surface area contributed by atoms with Crippen LogP contribution in [0.15, 0.2) is 78.9 Å². The standard InChI is InChI=1S/C34H37F3N6O.2ClH/c35-34(36,37)33-38-39-40-43(33)27-17-18-31(44-29-15-7-8-16-29)26(20-27)21-41-22-28-14-9-19-42(28)30(23-41)32(24-10-3-1-4-11-24)25-12-5-2-6-13-25;;/h1-6,10-13,17-18,20,28-30,32H,7-9,14-16,19,21-23H2;2*1H/t28-,30-;;/m0../s1. The van der Waals surface area contributed by atoms with Gasteiger partial charge in [-0.3, -0.25) is 9.80 Å². The second kappa shape index (κ2) is 14.7. The van der Waals surface area contributed by atoms with E-state index in [4.69, 9.17) is 4.74 Å². The van der Waals surface area contributed by atoms with Crippen molar-refractivity contribution in [3.63, 3.8) is 0 Å². The maximum absolute atomic E-state index is 13.7. The number of halogens is 5. The van der Waals surface area contributed by atoms with E-state index in [1.165, 1.54) is 11.1 Å². The van der Waals surface area contributed by atoms with Crippen molar-refractivity contribution in [2.24, 2.45) is 0 Å². The van der Waals surface area contributed by atoms with Crippen molar-refractivity contribution in [1.82, 2.24) is 30.0 Å². The first-order valence-electron chi connectivity index (χ1n) is 15.7. The lowest BCUT2D eigenvalue weighted by atomic mass is 9.82. The highest BCUT2D eigenvalue weighted by molar-refractivity contribution is 5.85. The summed E-state index contributed by atoms with van der Waals surface area (Å²) in [4.78, 5) is 5.17. The van der Waals surface area contributed by atoms with Gasteiger partial charge in [0.2, 0.25) is 0 Å². The van der Waals surface area contributed by atoms with Crippen LogP contribution in [0, 0.1) is 0 Å². The molecule has 1 saturated carbocycles. The van der Waals surface area contributed by atoms with E-state index in [9.17, 15) is 13.2 Å². The minimum atomic E-state index is -4.67. The van der Waals surface area contributed by atoms with E-state index in [0.29, 0.717) is 12.6 Å². The Kier molecular flexibility index (Phi) is 10.9. The minimum absolute atomic E-state index is 0. The molecule has 7 nitrogen and oxygen atoms in total. The van der Waals surface area contributed by atoms with Gasteiger partial charge in [-0.25, -0.2) is 0 Å². The van der Waals surface area contributed by atoms with Crippen LogP contribution in [0.4, 0.5) is 13.2 Å².